The van der Waals surface area contributed by atoms with Crippen LogP contribution in [-0.2, 0) is 10.3 Å². The maximum Gasteiger partial charge on any atom is 0.333 e. The number of fused-ring (bicyclic) bond motifs is 1. The fraction of sp³-hybridized carbons (Fsp3) is 0.379. The van der Waals surface area contributed by atoms with Gasteiger partial charge in [0.1, 0.15) is 17.2 Å². The second kappa shape index (κ2) is 10.1. The zero-order chi connectivity index (χ0) is 30.7. The first-order chi connectivity index (χ1) is 20.4. The van der Waals surface area contributed by atoms with Crippen LogP contribution in [0.4, 0.5) is 8.78 Å². The molecule has 0 unspecified atom stereocenters. The number of halogens is 2. The van der Waals surface area contributed by atoms with E-state index in [9.17, 15) is 23.2 Å². The van der Waals surface area contributed by atoms with E-state index in [0.717, 1.165) is 25.7 Å². The molecule has 2 saturated carbocycles. The number of primary amides is 2. The summed E-state index contributed by atoms with van der Waals surface area (Å²) in [4.78, 5) is 41.6. The molecule has 3 amide bonds. The van der Waals surface area contributed by atoms with Crippen molar-refractivity contribution in [3.8, 4) is 17.0 Å². The zero-order valence-electron chi connectivity index (χ0n) is 23.5. The Morgan fingerprint density at radius 3 is 2.51 bits per heavy atom. The highest BCUT2D eigenvalue weighted by Gasteiger charge is 2.54. The van der Waals surface area contributed by atoms with Crippen molar-refractivity contribution in [3.63, 3.8) is 0 Å². The molecular formula is C29H30F2N8O4. The average molecular weight is 593 g/mol. The number of carbonyl (C=O) groups is 3. The second-order valence-electron chi connectivity index (χ2n) is 11.8. The number of amides is 3. The topological polar surface area (TPSA) is 173 Å². The molecule has 2 fully saturated rings. The lowest BCUT2D eigenvalue weighted by Crippen LogP contribution is -2.58. The predicted molar refractivity (Wildman–Crippen MR) is 150 cm³/mol. The molecular weight excluding hydrogens is 562 g/mol. The molecule has 2 aliphatic rings. The van der Waals surface area contributed by atoms with Gasteiger partial charge in [0.2, 0.25) is 11.8 Å². The van der Waals surface area contributed by atoms with Crippen molar-refractivity contribution in [2.24, 2.45) is 16.9 Å². The monoisotopic (exact) mass is 592 g/mol. The molecule has 224 valence electrons. The average Bonchev–Trinajstić information content (AvgIpc) is 3.56. The lowest BCUT2D eigenvalue weighted by molar-refractivity contribution is -0.125. The minimum Gasteiger partial charge on any atom is -0.474 e. The van der Waals surface area contributed by atoms with Gasteiger partial charge in [-0.05, 0) is 74.8 Å². The molecule has 0 bridgehead atoms. The van der Waals surface area contributed by atoms with Crippen LogP contribution in [0.5, 0.6) is 5.88 Å². The summed E-state index contributed by atoms with van der Waals surface area (Å²) in [6, 6.07) is 8.16. The maximum atomic E-state index is 13.5. The van der Waals surface area contributed by atoms with Crippen molar-refractivity contribution < 1.29 is 27.9 Å². The van der Waals surface area contributed by atoms with E-state index in [1.165, 1.54) is 17.1 Å². The van der Waals surface area contributed by atoms with Gasteiger partial charge in [-0.25, -0.2) is 14.3 Å². The van der Waals surface area contributed by atoms with Gasteiger partial charge in [0.25, 0.3) is 11.8 Å². The van der Waals surface area contributed by atoms with Gasteiger partial charge in [0.05, 0.1) is 11.7 Å². The Balaban J connectivity index is 1.17. The summed E-state index contributed by atoms with van der Waals surface area (Å²) < 4.78 is 34.0. The van der Waals surface area contributed by atoms with E-state index >= 15 is 0 Å². The van der Waals surface area contributed by atoms with Crippen LogP contribution in [0.25, 0.3) is 22.0 Å². The highest BCUT2D eigenvalue weighted by molar-refractivity contribution is 6.06. The summed E-state index contributed by atoms with van der Waals surface area (Å²) >= 11 is 0. The molecule has 3 heterocycles. The summed E-state index contributed by atoms with van der Waals surface area (Å²) in [7, 11) is 0. The van der Waals surface area contributed by atoms with Crippen LogP contribution in [0.3, 0.4) is 0 Å². The molecule has 0 atom stereocenters. The number of carbonyl (C=O) groups excluding carboxylic acids is 3. The van der Waals surface area contributed by atoms with Crippen LogP contribution >= 0.6 is 0 Å². The number of rotatable bonds is 9. The number of alkyl halides is 2. The lowest BCUT2D eigenvalue weighted by Gasteiger charge is -2.57. The van der Waals surface area contributed by atoms with Gasteiger partial charge >= 0.3 is 6.55 Å². The van der Waals surface area contributed by atoms with Gasteiger partial charge in [0.15, 0.2) is 5.69 Å². The molecule has 3 aromatic heterocycles. The molecule has 0 aliphatic heterocycles. The molecule has 43 heavy (non-hydrogen) atoms. The minimum atomic E-state index is -2.79. The van der Waals surface area contributed by atoms with Crippen LogP contribution < -0.4 is 21.5 Å². The Morgan fingerprint density at radius 2 is 1.86 bits per heavy atom. The van der Waals surface area contributed by atoms with E-state index < -0.39 is 29.8 Å². The first kappa shape index (κ1) is 28.2. The van der Waals surface area contributed by atoms with Gasteiger partial charge < -0.3 is 21.5 Å². The molecule has 0 saturated heterocycles. The van der Waals surface area contributed by atoms with Gasteiger partial charge in [-0.2, -0.15) is 19.0 Å². The molecule has 4 aromatic rings. The third-order valence-electron chi connectivity index (χ3n) is 8.49. The molecule has 2 aliphatic carbocycles. The Morgan fingerprint density at radius 1 is 1.12 bits per heavy atom. The third-order valence-corrected chi connectivity index (χ3v) is 8.49. The number of nitrogens with one attached hydrogen (secondary N) is 1. The number of ether oxygens (including phenoxy) is 1. The van der Waals surface area contributed by atoms with Gasteiger partial charge in [-0.1, -0.05) is 6.07 Å². The van der Waals surface area contributed by atoms with Crippen LogP contribution in [0.1, 0.15) is 66.9 Å². The van der Waals surface area contributed by atoms with Crippen molar-refractivity contribution >= 4 is 28.6 Å². The van der Waals surface area contributed by atoms with E-state index in [1.54, 1.807) is 50.4 Å². The first-order valence-electron chi connectivity index (χ1n) is 13.7. The number of aromatic nitrogens is 5. The van der Waals surface area contributed by atoms with E-state index in [0.29, 0.717) is 26.7 Å². The molecule has 5 N–H and O–H groups in total. The summed E-state index contributed by atoms with van der Waals surface area (Å²) in [5.74, 6) is -1.42. The van der Waals surface area contributed by atoms with Gasteiger partial charge in [-0.3, -0.25) is 14.4 Å². The van der Waals surface area contributed by atoms with E-state index in [4.69, 9.17) is 16.2 Å². The Hall–Kier alpha value is -4.88. The molecule has 14 heteroatoms. The summed E-state index contributed by atoms with van der Waals surface area (Å²) in [6.07, 6.45) is 7.03. The van der Waals surface area contributed by atoms with Gasteiger partial charge in [0, 0.05) is 29.4 Å². The van der Waals surface area contributed by atoms with E-state index in [1.807, 2.05) is 0 Å². The standard InChI is InChI=1S/C29H30F2N8O4/c1-28(2,26(33)42)39-21-8-15(16-13-35-38(14-16)27(30)31)5-6-19(21)22(37-39)24(41)36-17-9-29(10-17)11-18(12-29)43-25-20(23(32)40)4-3-7-34-25/h3-8,13-14,17-18,27H,9-12H2,1-2H3,(H2,32,40)(H2,33,42)(H,36,41)/t17-,18-,29?. The largest absolute Gasteiger partial charge is 0.474 e. The predicted octanol–water partition coefficient (Wildman–Crippen LogP) is 3.13. The highest BCUT2D eigenvalue weighted by atomic mass is 19.3. The van der Waals surface area contributed by atoms with E-state index in [-0.39, 0.29) is 34.7 Å². The third kappa shape index (κ3) is 4.96. The Bertz CT molecular complexity index is 1750. The van der Waals surface area contributed by atoms with Crippen molar-refractivity contribution in [1.29, 1.82) is 0 Å². The first-order valence-corrected chi connectivity index (χ1v) is 13.7. The zero-order valence-corrected chi connectivity index (χ0v) is 23.5. The minimum absolute atomic E-state index is 0.0389. The Labute approximate surface area is 244 Å². The smallest absolute Gasteiger partial charge is 0.333 e. The fourth-order valence-corrected chi connectivity index (χ4v) is 6.08. The number of nitrogens with zero attached hydrogens (tertiary/aromatic N) is 5. The van der Waals surface area contributed by atoms with E-state index in [2.05, 4.69) is 20.5 Å². The fourth-order valence-electron chi connectivity index (χ4n) is 6.08. The quantitative estimate of drug-likeness (QED) is 0.268. The number of benzene rings is 1. The van der Waals surface area contributed by atoms with Crippen LogP contribution in [-0.4, -0.2) is 54.4 Å². The molecule has 6 rings (SSSR count). The molecule has 0 radical (unpaired) electrons. The number of hydrogen-bond acceptors (Lipinski definition) is 7. The van der Waals surface area contributed by atoms with Crippen molar-refractivity contribution in [2.75, 3.05) is 0 Å². The Kier molecular flexibility index (Phi) is 6.66. The second-order valence-corrected chi connectivity index (χ2v) is 11.8. The van der Waals surface area contributed by atoms with Crippen LogP contribution in [0.2, 0.25) is 0 Å². The summed E-state index contributed by atoms with van der Waals surface area (Å²) in [6.45, 7) is 0.395. The van der Waals surface area contributed by atoms with Gasteiger partial charge in [-0.15, -0.1) is 0 Å². The molecule has 12 nitrogen and oxygen atoms in total. The van der Waals surface area contributed by atoms with Crippen molar-refractivity contribution in [3.05, 3.63) is 60.2 Å². The number of nitrogens with two attached hydrogens (primary N) is 2. The van der Waals surface area contributed by atoms with Crippen LogP contribution in [0, 0.1) is 5.41 Å². The van der Waals surface area contributed by atoms with Crippen LogP contribution in [0.15, 0.2) is 48.9 Å². The molecule has 1 aromatic carbocycles. The highest BCUT2D eigenvalue weighted by Crippen LogP contribution is 2.56. The SMILES string of the molecule is CC(C)(C(N)=O)n1nc(C(=O)N[C@H]2CC3(C2)C[C@H](Oc2ncccc2C(N)=O)C3)c2ccc(-c3cnn(C(F)F)c3)cc21. The normalized spacial score (nSPS) is 21.4. The molecule has 1 spiro atoms. The summed E-state index contributed by atoms with van der Waals surface area (Å²) in [5.41, 5.74) is 11.7. The maximum absolute atomic E-state index is 13.5. The number of pyridine rings is 1. The van der Waals surface area contributed by atoms with Crippen molar-refractivity contribution in [2.45, 2.75) is 63.8 Å². The lowest BCUT2D eigenvalue weighted by atomic mass is 9.53. The summed E-state index contributed by atoms with van der Waals surface area (Å²) in [5, 5.41) is 11.7. The van der Waals surface area contributed by atoms with Crippen molar-refractivity contribution in [1.82, 2.24) is 29.9 Å². The number of hydrogen-bond donors (Lipinski definition) is 3.